The Labute approximate surface area is 101 Å². The Kier molecular flexibility index (Phi) is 15.2. The molecule has 2 heteroatoms. The van der Waals surface area contributed by atoms with Crippen molar-refractivity contribution in [1.29, 1.82) is 0 Å². The zero-order chi connectivity index (χ0) is 12.8. The molecule has 0 saturated carbocycles. The summed E-state index contributed by atoms with van der Waals surface area (Å²) in [5.41, 5.74) is 1.28. The molecule has 1 N–H and O–H groups in total. The molecular formula is C14H27NO. The Morgan fingerprint density at radius 1 is 1.00 bits per heavy atom. The molecule has 0 heterocycles. The van der Waals surface area contributed by atoms with E-state index >= 15 is 0 Å². The Hall–Kier alpha value is -1.02. The van der Waals surface area contributed by atoms with Gasteiger partial charge in [0.2, 0.25) is 0 Å². The lowest BCUT2D eigenvalue weighted by Gasteiger charge is -2.03. The standard InChI is InChI=1S/C10H15NO.2C2H6/c1-3-12-10-6-4-9(5-7-10)8-11-2;2*1-2/h4-7,11H,3,8H2,1-2H3;2*1-2H3. The van der Waals surface area contributed by atoms with E-state index in [9.17, 15) is 0 Å². The molecule has 2 nitrogen and oxygen atoms in total. The smallest absolute Gasteiger partial charge is 0.119 e. The van der Waals surface area contributed by atoms with Gasteiger partial charge in [-0.25, -0.2) is 0 Å². The molecule has 0 aromatic heterocycles. The van der Waals surface area contributed by atoms with Crippen LogP contribution in [0.15, 0.2) is 24.3 Å². The summed E-state index contributed by atoms with van der Waals surface area (Å²) >= 11 is 0. The molecular weight excluding hydrogens is 198 g/mol. The minimum absolute atomic E-state index is 0.728. The Bertz CT molecular complexity index is 194. The van der Waals surface area contributed by atoms with Gasteiger partial charge in [-0.1, -0.05) is 39.8 Å². The summed E-state index contributed by atoms with van der Waals surface area (Å²) in [7, 11) is 1.94. The fourth-order valence-electron chi connectivity index (χ4n) is 1.07. The lowest BCUT2D eigenvalue weighted by Crippen LogP contribution is -2.04. The maximum absolute atomic E-state index is 5.32. The zero-order valence-corrected chi connectivity index (χ0v) is 11.6. The number of benzene rings is 1. The second-order valence-corrected chi connectivity index (χ2v) is 2.61. The number of ether oxygens (including phenoxy) is 1. The second-order valence-electron chi connectivity index (χ2n) is 2.61. The Morgan fingerprint density at radius 3 is 1.88 bits per heavy atom. The molecule has 0 unspecified atom stereocenters. The van der Waals surface area contributed by atoms with Gasteiger partial charge >= 0.3 is 0 Å². The highest BCUT2D eigenvalue weighted by Crippen LogP contribution is 2.11. The zero-order valence-electron chi connectivity index (χ0n) is 11.6. The third-order valence-corrected chi connectivity index (χ3v) is 1.62. The first kappa shape index (κ1) is 17.4. The minimum Gasteiger partial charge on any atom is -0.494 e. The predicted molar refractivity (Wildman–Crippen MR) is 73.1 cm³/mol. The number of rotatable bonds is 4. The average Bonchev–Trinajstić information content (AvgIpc) is 2.37. The molecule has 1 rings (SSSR count). The summed E-state index contributed by atoms with van der Waals surface area (Å²) in [6, 6.07) is 8.13. The molecule has 0 aliphatic heterocycles. The predicted octanol–water partition coefficient (Wildman–Crippen LogP) is 3.86. The van der Waals surface area contributed by atoms with Crippen molar-refractivity contribution in [2.45, 2.75) is 41.2 Å². The summed E-state index contributed by atoms with van der Waals surface area (Å²) < 4.78 is 5.32. The van der Waals surface area contributed by atoms with Crippen LogP contribution in [-0.2, 0) is 6.54 Å². The van der Waals surface area contributed by atoms with Crippen LogP contribution < -0.4 is 10.1 Å². The summed E-state index contributed by atoms with van der Waals surface area (Å²) in [6.07, 6.45) is 0. The maximum Gasteiger partial charge on any atom is 0.119 e. The van der Waals surface area contributed by atoms with Crippen LogP contribution >= 0.6 is 0 Å². The molecule has 0 bridgehead atoms. The Balaban J connectivity index is 0. The molecule has 0 aliphatic rings. The van der Waals surface area contributed by atoms with Crippen LogP contribution in [0.25, 0.3) is 0 Å². The van der Waals surface area contributed by atoms with Crippen molar-refractivity contribution in [3.8, 4) is 5.75 Å². The van der Waals surface area contributed by atoms with Gasteiger partial charge in [-0.15, -0.1) is 0 Å². The van der Waals surface area contributed by atoms with Gasteiger partial charge < -0.3 is 10.1 Å². The fraction of sp³-hybridized carbons (Fsp3) is 0.571. The molecule has 0 amide bonds. The lowest BCUT2D eigenvalue weighted by molar-refractivity contribution is 0.340. The molecule has 0 aliphatic carbocycles. The number of hydrogen-bond donors (Lipinski definition) is 1. The van der Waals surface area contributed by atoms with E-state index in [-0.39, 0.29) is 0 Å². The van der Waals surface area contributed by atoms with Gasteiger partial charge in [0.25, 0.3) is 0 Å². The van der Waals surface area contributed by atoms with Crippen LogP contribution in [0.1, 0.15) is 40.2 Å². The van der Waals surface area contributed by atoms with Crippen molar-refractivity contribution in [1.82, 2.24) is 5.32 Å². The van der Waals surface area contributed by atoms with Crippen molar-refractivity contribution < 1.29 is 4.74 Å². The first-order valence-corrected chi connectivity index (χ1v) is 6.23. The van der Waals surface area contributed by atoms with E-state index < -0.39 is 0 Å². The molecule has 0 radical (unpaired) electrons. The summed E-state index contributed by atoms with van der Waals surface area (Å²) in [6.45, 7) is 11.6. The van der Waals surface area contributed by atoms with Gasteiger partial charge in [0, 0.05) is 6.54 Å². The molecule has 1 aromatic carbocycles. The van der Waals surface area contributed by atoms with Crippen molar-refractivity contribution in [2.24, 2.45) is 0 Å². The average molecular weight is 225 g/mol. The quantitative estimate of drug-likeness (QED) is 0.840. The van der Waals surface area contributed by atoms with Crippen molar-refractivity contribution in [3.05, 3.63) is 29.8 Å². The molecule has 0 fully saturated rings. The Morgan fingerprint density at radius 2 is 1.50 bits per heavy atom. The summed E-state index contributed by atoms with van der Waals surface area (Å²) in [4.78, 5) is 0. The van der Waals surface area contributed by atoms with Gasteiger partial charge in [-0.05, 0) is 31.7 Å². The highest BCUT2D eigenvalue weighted by Gasteiger charge is 1.92. The minimum atomic E-state index is 0.728. The van der Waals surface area contributed by atoms with Gasteiger partial charge in [-0.2, -0.15) is 0 Å². The number of nitrogens with one attached hydrogen (secondary N) is 1. The highest BCUT2D eigenvalue weighted by molar-refractivity contribution is 5.27. The molecule has 1 aromatic rings. The second kappa shape index (κ2) is 14.0. The lowest BCUT2D eigenvalue weighted by atomic mass is 10.2. The van der Waals surface area contributed by atoms with Crippen LogP contribution in [0.3, 0.4) is 0 Å². The van der Waals surface area contributed by atoms with E-state index in [1.165, 1.54) is 5.56 Å². The normalized spacial score (nSPS) is 8.12. The van der Waals surface area contributed by atoms with E-state index in [4.69, 9.17) is 4.74 Å². The van der Waals surface area contributed by atoms with Crippen LogP contribution in [0.5, 0.6) is 5.75 Å². The maximum atomic E-state index is 5.32. The number of hydrogen-bond acceptors (Lipinski definition) is 2. The van der Waals surface area contributed by atoms with Crippen molar-refractivity contribution >= 4 is 0 Å². The van der Waals surface area contributed by atoms with E-state index in [0.717, 1.165) is 18.9 Å². The summed E-state index contributed by atoms with van der Waals surface area (Å²) in [5.74, 6) is 0.942. The van der Waals surface area contributed by atoms with Crippen LogP contribution in [0.2, 0.25) is 0 Å². The molecule has 0 saturated heterocycles. The van der Waals surface area contributed by atoms with Crippen LogP contribution in [0.4, 0.5) is 0 Å². The first-order valence-electron chi connectivity index (χ1n) is 6.23. The van der Waals surface area contributed by atoms with E-state index in [1.54, 1.807) is 0 Å². The topological polar surface area (TPSA) is 21.3 Å². The van der Waals surface area contributed by atoms with E-state index in [2.05, 4.69) is 17.4 Å². The molecule has 94 valence electrons. The molecule has 16 heavy (non-hydrogen) atoms. The van der Waals surface area contributed by atoms with Gasteiger partial charge in [-0.3, -0.25) is 0 Å². The largest absolute Gasteiger partial charge is 0.494 e. The van der Waals surface area contributed by atoms with Crippen LogP contribution in [-0.4, -0.2) is 13.7 Å². The molecule has 0 spiro atoms. The van der Waals surface area contributed by atoms with Crippen molar-refractivity contribution in [2.75, 3.05) is 13.7 Å². The monoisotopic (exact) mass is 225 g/mol. The SMILES string of the molecule is CC.CC.CCOc1ccc(CNC)cc1. The van der Waals surface area contributed by atoms with E-state index in [0.29, 0.717) is 0 Å². The van der Waals surface area contributed by atoms with Crippen molar-refractivity contribution in [3.63, 3.8) is 0 Å². The van der Waals surface area contributed by atoms with Gasteiger partial charge in [0.05, 0.1) is 6.61 Å². The van der Waals surface area contributed by atoms with E-state index in [1.807, 2.05) is 53.8 Å². The third-order valence-electron chi connectivity index (χ3n) is 1.62. The fourth-order valence-corrected chi connectivity index (χ4v) is 1.07. The highest BCUT2D eigenvalue weighted by atomic mass is 16.5. The summed E-state index contributed by atoms with van der Waals surface area (Å²) in [5, 5.41) is 3.09. The molecule has 0 atom stereocenters. The van der Waals surface area contributed by atoms with Crippen LogP contribution in [0, 0.1) is 0 Å². The van der Waals surface area contributed by atoms with Gasteiger partial charge in [0.15, 0.2) is 0 Å². The third kappa shape index (κ3) is 8.30. The van der Waals surface area contributed by atoms with Gasteiger partial charge in [0.1, 0.15) is 5.75 Å². The first-order chi connectivity index (χ1) is 7.86.